The summed E-state index contributed by atoms with van der Waals surface area (Å²) in [5.74, 6) is -0.0477. The van der Waals surface area contributed by atoms with Crippen molar-refractivity contribution in [1.82, 2.24) is 5.32 Å². The van der Waals surface area contributed by atoms with Crippen LogP contribution < -0.4 is 10.6 Å². The van der Waals surface area contributed by atoms with Crippen molar-refractivity contribution in [3.05, 3.63) is 29.8 Å². The maximum Gasteiger partial charge on any atom is 0.238 e. The van der Waals surface area contributed by atoms with Crippen molar-refractivity contribution in [2.75, 3.05) is 19.0 Å². The van der Waals surface area contributed by atoms with E-state index in [2.05, 4.69) is 10.6 Å². The maximum atomic E-state index is 11.8. The van der Waals surface area contributed by atoms with Gasteiger partial charge in [0.2, 0.25) is 5.91 Å². The van der Waals surface area contributed by atoms with Gasteiger partial charge < -0.3 is 15.4 Å². The molecule has 0 spiro atoms. The van der Waals surface area contributed by atoms with Crippen LogP contribution in [-0.2, 0) is 16.1 Å². The predicted octanol–water partition coefficient (Wildman–Crippen LogP) is 2.16. The number of amides is 1. The number of para-hydroxylation sites is 1. The quantitative estimate of drug-likeness (QED) is 0.842. The number of hydrogen-bond donors (Lipinski definition) is 2. The lowest BCUT2D eigenvalue weighted by molar-refractivity contribution is -0.115. The van der Waals surface area contributed by atoms with E-state index in [0.29, 0.717) is 13.2 Å². The molecule has 2 N–H and O–H groups in total. The molecule has 0 fully saturated rings. The van der Waals surface area contributed by atoms with Crippen LogP contribution in [0.1, 0.15) is 26.3 Å². The van der Waals surface area contributed by atoms with E-state index in [-0.39, 0.29) is 11.4 Å². The Morgan fingerprint density at radius 1 is 1.28 bits per heavy atom. The van der Waals surface area contributed by atoms with Crippen LogP contribution in [0.3, 0.4) is 0 Å². The van der Waals surface area contributed by atoms with Gasteiger partial charge in [0.25, 0.3) is 0 Å². The van der Waals surface area contributed by atoms with Crippen molar-refractivity contribution in [3.8, 4) is 0 Å². The first kappa shape index (κ1) is 14.7. The van der Waals surface area contributed by atoms with Gasteiger partial charge in [-0.25, -0.2) is 0 Å². The summed E-state index contributed by atoms with van der Waals surface area (Å²) < 4.78 is 5.10. The van der Waals surface area contributed by atoms with Crippen molar-refractivity contribution in [2.24, 2.45) is 0 Å². The van der Waals surface area contributed by atoms with Gasteiger partial charge in [0.05, 0.1) is 13.2 Å². The second-order valence-electron chi connectivity index (χ2n) is 5.24. The molecule has 0 atom stereocenters. The van der Waals surface area contributed by atoms with Crippen LogP contribution >= 0.6 is 0 Å². The Balaban J connectivity index is 2.59. The van der Waals surface area contributed by atoms with Crippen molar-refractivity contribution < 1.29 is 9.53 Å². The summed E-state index contributed by atoms with van der Waals surface area (Å²) >= 11 is 0. The molecule has 0 aliphatic carbocycles. The number of ether oxygens (including phenoxy) is 1. The molecule has 4 nitrogen and oxygen atoms in total. The zero-order valence-electron chi connectivity index (χ0n) is 11.5. The lowest BCUT2D eigenvalue weighted by atomic mass is 10.1. The smallest absolute Gasteiger partial charge is 0.238 e. The molecule has 0 saturated carbocycles. The molecule has 0 aliphatic rings. The van der Waals surface area contributed by atoms with Gasteiger partial charge in [-0.1, -0.05) is 18.2 Å². The minimum absolute atomic E-state index is 0.0477. The van der Waals surface area contributed by atoms with Crippen LogP contribution in [0, 0.1) is 0 Å². The Labute approximate surface area is 109 Å². The minimum atomic E-state index is -0.0661. The van der Waals surface area contributed by atoms with Crippen LogP contribution in [-0.4, -0.2) is 25.1 Å². The Morgan fingerprint density at radius 3 is 2.56 bits per heavy atom. The van der Waals surface area contributed by atoms with Gasteiger partial charge in [0.15, 0.2) is 0 Å². The van der Waals surface area contributed by atoms with Crippen molar-refractivity contribution in [2.45, 2.75) is 32.9 Å². The van der Waals surface area contributed by atoms with E-state index in [4.69, 9.17) is 4.74 Å². The van der Waals surface area contributed by atoms with E-state index in [1.54, 1.807) is 7.11 Å². The molecule has 1 amide bonds. The standard InChI is InChI=1S/C14H22N2O2/c1-14(2,3)15-9-13(17)16-12-8-6-5-7-11(12)10-18-4/h5-8,15H,9-10H2,1-4H3,(H,16,17). The number of carbonyl (C=O) groups excluding carboxylic acids is 1. The average Bonchev–Trinajstić information content (AvgIpc) is 2.29. The number of methoxy groups -OCH3 is 1. The maximum absolute atomic E-state index is 11.8. The van der Waals surface area contributed by atoms with Crippen molar-refractivity contribution >= 4 is 11.6 Å². The number of nitrogens with one attached hydrogen (secondary N) is 2. The summed E-state index contributed by atoms with van der Waals surface area (Å²) in [5, 5.41) is 6.04. The summed E-state index contributed by atoms with van der Waals surface area (Å²) in [7, 11) is 1.64. The number of benzene rings is 1. The van der Waals surface area contributed by atoms with Crippen LogP contribution in [0.4, 0.5) is 5.69 Å². The van der Waals surface area contributed by atoms with Crippen molar-refractivity contribution in [1.29, 1.82) is 0 Å². The molecule has 1 aromatic carbocycles. The summed E-state index contributed by atoms with van der Waals surface area (Å²) in [6.07, 6.45) is 0. The molecular weight excluding hydrogens is 228 g/mol. The van der Waals surface area contributed by atoms with E-state index in [1.165, 1.54) is 0 Å². The first-order valence-corrected chi connectivity index (χ1v) is 6.04. The summed E-state index contributed by atoms with van der Waals surface area (Å²) in [6.45, 7) is 6.87. The van der Waals surface area contributed by atoms with Gasteiger partial charge in [-0.05, 0) is 26.8 Å². The molecule has 1 rings (SSSR count). The first-order valence-electron chi connectivity index (χ1n) is 6.04. The van der Waals surface area contributed by atoms with E-state index in [9.17, 15) is 4.79 Å². The van der Waals surface area contributed by atoms with Crippen LogP contribution in [0.15, 0.2) is 24.3 Å². The summed E-state index contributed by atoms with van der Waals surface area (Å²) in [4.78, 5) is 11.8. The molecule has 0 unspecified atom stereocenters. The summed E-state index contributed by atoms with van der Waals surface area (Å²) in [6, 6.07) is 7.64. The molecule has 100 valence electrons. The Bertz CT molecular complexity index is 397. The highest BCUT2D eigenvalue weighted by atomic mass is 16.5. The molecule has 18 heavy (non-hydrogen) atoms. The molecule has 0 bridgehead atoms. The fourth-order valence-corrected chi connectivity index (χ4v) is 1.46. The lowest BCUT2D eigenvalue weighted by Crippen LogP contribution is -2.41. The highest BCUT2D eigenvalue weighted by Crippen LogP contribution is 2.15. The predicted molar refractivity (Wildman–Crippen MR) is 73.5 cm³/mol. The van der Waals surface area contributed by atoms with Gasteiger partial charge in [-0.3, -0.25) is 4.79 Å². The van der Waals surface area contributed by atoms with Gasteiger partial charge in [0.1, 0.15) is 0 Å². The SMILES string of the molecule is COCc1ccccc1NC(=O)CNC(C)(C)C. The monoisotopic (exact) mass is 250 g/mol. The number of hydrogen-bond acceptors (Lipinski definition) is 3. The third-order valence-electron chi connectivity index (χ3n) is 2.37. The molecule has 0 saturated heterocycles. The number of carbonyl (C=O) groups is 1. The lowest BCUT2D eigenvalue weighted by Gasteiger charge is -2.20. The third-order valence-corrected chi connectivity index (χ3v) is 2.37. The van der Waals surface area contributed by atoms with E-state index >= 15 is 0 Å². The molecule has 0 aromatic heterocycles. The first-order chi connectivity index (χ1) is 8.42. The molecular formula is C14H22N2O2. The van der Waals surface area contributed by atoms with Crippen LogP contribution in [0.5, 0.6) is 0 Å². The highest BCUT2D eigenvalue weighted by Gasteiger charge is 2.12. The molecule has 0 heterocycles. The molecule has 0 aliphatic heterocycles. The Kier molecular flexibility index (Phi) is 5.31. The van der Waals surface area contributed by atoms with Crippen molar-refractivity contribution in [3.63, 3.8) is 0 Å². The summed E-state index contributed by atoms with van der Waals surface area (Å²) in [5.41, 5.74) is 1.72. The zero-order valence-corrected chi connectivity index (χ0v) is 11.5. The largest absolute Gasteiger partial charge is 0.380 e. The topological polar surface area (TPSA) is 50.4 Å². The van der Waals surface area contributed by atoms with Crippen LogP contribution in [0.25, 0.3) is 0 Å². The van der Waals surface area contributed by atoms with E-state index < -0.39 is 0 Å². The number of anilines is 1. The van der Waals surface area contributed by atoms with Gasteiger partial charge >= 0.3 is 0 Å². The second kappa shape index (κ2) is 6.52. The average molecular weight is 250 g/mol. The molecule has 1 aromatic rings. The molecule has 4 heteroatoms. The third kappa shape index (κ3) is 5.29. The van der Waals surface area contributed by atoms with Gasteiger partial charge in [-0.15, -0.1) is 0 Å². The fraction of sp³-hybridized carbons (Fsp3) is 0.500. The zero-order chi connectivity index (χ0) is 13.6. The van der Waals surface area contributed by atoms with Gasteiger partial charge in [0, 0.05) is 23.9 Å². The highest BCUT2D eigenvalue weighted by molar-refractivity contribution is 5.93. The Hall–Kier alpha value is -1.39. The second-order valence-corrected chi connectivity index (χ2v) is 5.24. The van der Waals surface area contributed by atoms with Gasteiger partial charge in [-0.2, -0.15) is 0 Å². The normalized spacial score (nSPS) is 11.3. The van der Waals surface area contributed by atoms with Crippen LogP contribution in [0.2, 0.25) is 0 Å². The minimum Gasteiger partial charge on any atom is -0.380 e. The fourth-order valence-electron chi connectivity index (χ4n) is 1.46. The number of rotatable bonds is 5. The Morgan fingerprint density at radius 2 is 1.94 bits per heavy atom. The molecule has 0 radical (unpaired) electrons. The van der Waals surface area contributed by atoms with E-state index in [0.717, 1.165) is 11.3 Å². The van der Waals surface area contributed by atoms with E-state index in [1.807, 2.05) is 45.0 Å².